The van der Waals surface area contributed by atoms with E-state index in [9.17, 15) is 9.59 Å². The zero-order chi connectivity index (χ0) is 17.8. The number of thiophene rings is 1. The van der Waals surface area contributed by atoms with Gasteiger partial charge in [-0.25, -0.2) is 0 Å². The van der Waals surface area contributed by atoms with Crippen molar-refractivity contribution in [1.82, 2.24) is 4.57 Å². The van der Waals surface area contributed by atoms with E-state index in [1.165, 1.54) is 4.88 Å². The van der Waals surface area contributed by atoms with Gasteiger partial charge in [-0.2, -0.15) is 0 Å². The molecule has 0 radical (unpaired) electrons. The maximum absolute atomic E-state index is 12.5. The minimum absolute atomic E-state index is 0.0241. The monoisotopic (exact) mass is 353 g/mol. The number of aromatic nitrogens is 1. The second kappa shape index (κ2) is 7.49. The molecular formula is C20H19NO3S. The molecule has 4 nitrogen and oxygen atoms in total. The molecule has 0 unspecified atom stereocenters. The first-order chi connectivity index (χ1) is 12.1. The Morgan fingerprint density at radius 1 is 1.20 bits per heavy atom. The van der Waals surface area contributed by atoms with Crippen molar-refractivity contribution in [3.63, 3.8) is 0 Å². The predicted molar refractivity (Wildman–Crippen MR) is 99.0 cm³/mol. The fourth-order valence-corrected chi connectivity index (χ4v) is 3.45. The number of ether oxygens (including phenoxy) is 1. The summed E-state index contributed by atoms with van der Waals surface area (Å²) in [5, 5.41) is 2.05. The number of carbonyl (C=O) groups excluding carboxylic acids is 2. The van der Waals surface area contributed by atoms with E-state index in [4.69, 9.17) is 4.74 Å². The lowest BCUT2D eigenvalue weighted by atomic mass is 10.1. The number of carbonyl (C=O) groups is 2. The highest BCUT2D eigenvalue weighted by Gasteiger charge is 2.16. The first-order valence-corrected chi connectivity index (χ1v) is 8.87. The largest absolute Gasteiger partial charge is 0.485 e. The first-order valence-electron chi connectivity index (χ1n) is 7.99. The maximum atomic E-state index is 12.5. The van der Waals surface area contributed by atoms with Gasteiger partial charge in [0, 0.05) is 27.4 Å². The molecule has 0 N–H and O–H groups in total. The van der Waals surface area contributed by atoms with E-state index in [1.807, 2.05) is 26.0 Å². The highest BCUT2D eigenvalue weighted by molar-refractivity contribution is 7.09. The van der Waals surface area contributed by atoms with E-state index in [0.29, 0.717) is 16.9 Å². The lowest BCUT2D eigenvalue weighted by Crippen LogP contribution is -2.13. The highest BCUT2D eigenvalue weighted by Crippen LogP contribution is 2.20. The van der Waals surface area contributed by atoms with E-state index < -0.39 is 0 Å². The zero-order valence-corrected chi connectivity index (χ0v) is 15.0. The van der Waals surface area contributed by atoms with Gasteiger partial charge in [-0.3, -0.25) is 9.59 Å². The van der Waals surface area contributed by atoms with Crippen molar-refractivity contribution in [1.29, 1.82) is 0 Å². The number of hydrogen-bond donors (Lipinski definition) is 0. The molecule has 0 aliphatic carbocycles. The van der Waals surface area contributed by atoms with Gasteiger partial charge in [-0.15, -0.1) is 11.3 Å². The summed E-state index contributed by atoms with van der Waals surface area (Å²) in [6.45, 7) is 4.73. The van der Waals surface area contributed by atoms with Crippen LogP contribution < -0.4 is 4.74 Å². The fourth-order valence-electron chi connectivity index (χ4n) is 2.75. The van der Waals surface area contributed by atoms with E-state index in [1.54, 1.807) is 35.6 Å². The van der Waals surface area contributed by atoms with Crippen LogP contribution in [-0.4, -0.2) is 23.2 Å². The van der Waals surface area contributed by atoms with Crippen LogP contribution in [0.25, 0.3) is 0 Å². The van der Waals surface area contributed by atoms with Crippen LogP contribution in [0.1, 0.15) is 37.0 Å². The van der Waals surface area contributed by atoms with Gasteiger partial charge in [0.25, 0.3) is 0 Å². The highest BCUT2D eigenvalue weighted by atomic mass is 32.1. The molecule has 25 heavy (non-hydrogen) atoms. The van der Waals surface area contributed by atoms with Gasteiger partial charge in [-0.05, 0) is 55.6 Å². The van der Waals surface area contributed by atoms with Crippen LogP contribution in [-0.2, 0) is 6.54 Å². The Kier molecular flexibility index (Phi) is 5.14. The molecular weight excluding hydrogens is 334 g/mol. The molecule has 3 aromatic rings. The Morgan fingerprint density at radius 3 is 2.60 bits per heavy atom. The van der Waals surface area contributed by atoms with Crippen molar-refractivity contribution >= 4 is 23.4 Å². The summed E-state index contributed by atoms with van der Waals surface area (Å²) in [6.07, 6.45) is 0.775. The van der Waals surface area contributed by atoms with Gasteiger partial charge in [-0.1, -0.05) is 6.07 Å². The molecule has 0 amide bonds. The Bertz CT molecular complexity index is 877. The summed E-state index contributed by atoms with van der Waals surface area (Å²) in [4.78, 5) is 24.5. The summed E-state index contributed by atoms with van der Waals surface area (Å²) in [7, 11) is 0. The van der Waals surface area contributed by atoms with Crippen molar-refractivity contribution in [2.75, 3.05) is 6.61 Å². The van der Waals surface area contributed by atoms with Crippen LogP contribution in [0.3, 0.4) is 0 Å². The smallest absolute Gasteiger partial charge is 0.202 e. The van der Waals surface area contributed by atoms with Crippen molar-refractivity contribution < 1.29 is 14.3 Å². The average molecular weight is 353 g/mol. The molecule has 128 valence electrons. The minimum Gasteiger partial charge on any atom is -0.485 e. The third-order valence-corrected chi connectivity index (χ3v) is 5.02. The molecule has 3 rings (SSSR count). The summed E-state index contributed by atoms with van der Waals surface area (Å²) < 4.78 is 7.71. The summed E-state index contributed by atoms with van der Waals surface area (Å²) in [6, 6.07) is 12.8. The second-order valence-corrected chi connectivity index (χ2v) is 6.88. The topological polar surface area (TPSA) is 48.3 Å². The summed E-state index contributed by atoms with van der Waals surface area (Å²) >= 11 is 1.71. The normalized spacial score (nSPS) is 10.6. The lowest BCUT2D eigenvalue weighted by Gasteiger charge is -2.09. The van der Waals surface area contributed by atoms with Gasteiger partial charge < -0.3 is 9.30 Å². The minimum atomic E-state index is -0.0509. The van der Waals surface area contributed by atoms with Crippen LogP contribution in [0.4, 0.5) is 0 Å². The number of nitrogens with zero attached hydrogens (tertiary/aromatic N) is 1. The number of benzene rings is 1. The third-order valence-electron chi connectivity index (χ3n) is 4.15. The molecule has 5 heteroatoms. The van der Waals surface area contributed by atoms with Crippen LogP contribution in [0, 0.1) is 13.8 Å². The molecule has 1 aromatic carbocycles. The molecule has 2 heterocycles. The Morgan fingerprint density at radius 2 is 1.96 bits per heavy atom. The predicted octanol–water partition coefficient (Wildman–Crippen LogP) is 4.29. The van der Waals surface area contributed by atoms with Crippen molar-refractivity contribution in [2.45, 2.75) is 20.4 Å². The molecule has 0 bridgehead atoms. The van der Waals surface area contributed by atoms with Crippen molar-refractivity contribution in [2.24, 2.45) is 0 Å². The second-order valence-electron chi connectivity index (χ2n) is 5.85. The van der Waals surface area contributed by atoms with E-state index >= 15 is 0 Å². The lowest BCUT2D eigenvalue weighted by molar-refractivity contribution is 0.0920. The molecule has 0 aliphatic heterocycles. The SMILES string of the molecule is Cc1cc(C(=O)COc2ccc(C=O)cc2)c(C)n1Cc1cccs1. The number of rotatable bonds is 7. The molecule has 0 atom stereocenters. The molecule has 0 fully saturated rings. The van der Waals surface area contributed by atoms with Crippen molar-refractivity contribution in [3.05, 3.63) is 75.2 Å². The van der Waals surface area contributed by atoms with E-state index in [0.717, 1.165) is 24.2 Å². The van der Waals surface area contributed by atoms with Gasteiger partial charge >= 0.3 is 0 Å². The Balaban J connectivity index is 1.70. The standard InChI is InChI=1S/C20H19NO3S/c1-14-10-19(15(2)21(14)11-18-4-3-9-25-18)20(23)13-24-17-7-5-16(12-22)6-8-17/h3-10,12H,11,13H2,1-2H3. The Hall–Kier alpha value is -2.66. The molecule has 0 spiro atoms. The van der Waals surface area contributed by atoms with Gasteiger partial charge in [0.1, 0.15) is 12.0 Å². The summed E-state index contributed by atoms with van der Waals surface area (Å²) in [5.41, 5.74) is 3.29. The number of Topliss-reactive ketones (excluding diaryl/α,β-unsaturated/α-hetero) is 1. The third kappa shape index (κ3) is 3.88. The maximum Gasteiger partial charge on any atom is 0.202 e. The van der Waals surface area contributed by atoms with Crippen LogP contribution in [0.15, 0.2) is 47.8 Å². The molecule has 0 saturated heterocycles. The van der Waals surface area contributed by atoms with Crippen LogP contribution >= 0.6 is 11.3 Å². The number of aryl methyl sites for hydroxylation is 1. The molecule has 2 aromatic heterocycles. The van der Waals surface area contributed by atoms with Crippen LogP contribution in [0.2, 0.25) is 0 Å². The number of aldehydes is 1. The quantitative estimate of drug-likeness (QED) is 0.470. The fraction of sp³-hybridized carbons (Fsp3) is 0.200. The average Bonchev–Trinajstić information content (AvgIpc) is 3.24. The number of ketones is 1. The van der Waals surface area contributed by atoms with Gasteiger partial charge in [0.05, 0.1) is 6.54 Å². The summed E-state index contributed by atoms with van der Waals surface area (Å²) in [5.74, 6) is 0.524. The van der Waals surface area contributed by atoms with E-state index in [-0.39, 0.29) is 12.4 Å². The van der Waals surface area contributed by atoms with Crippen molar-refractivity contribution in [3.8, 4) is 5.75 Å². The number of hydrogen-bond acceptors (Lipinski definition) is 4. The Labute approximate surface area is 150 Å². The molecule has 0 saturated carbocycles. The first kappa shape index (κ1) is 17.2. The molecule has 0 aliphatic rings. The van der Waals surface area contributed by atoms with Gasteiger partial charge in [0.2, 0.25) is 5.78 Å². The van der Waals surface area contributed by atoms with E-state index in [2.05, 4.69) is 16.0 Å². The zero-order valence-electron chi connectivity index (χ0n) is 14.2. The van der Waals surface area contributed by atoms with Crippen LogP contribution in [0.5, 0.6) is 5.75 Å². The van der Waals surface area contributed by atoms with Gasteiger partial charge in [0.15, 0.2) is 6.61 Å².